The summed E-state index contributed by atoms with van der Waals surface area (Å²) in [4.78, 5) is 14.8. The molecule has 126 valence electrons. The van der Waals surface area contributed by atoms with E-state index < -0.39 is 6.10 Å². The summed E-state index contributed by atoms with van der Waals surface area (Å²) in [5.74, 6) is 0. The predicted molar refractivity (Wildman–Crippen MR) is 85.0 cm³/mol. The van der Waals surface area contributed by atoms with Gasteiger partial charge in [0.1, 0.15) is 0 Å². The molecule has 3 rings (SSSR count). The molecule has 9 N–H and O–H groups in total. The number of aliphatic hydroxyl groups excluding tert-OH is 1. The van der Waals surface area contributed by atoms with Crippen LogP contribution in [0.15, 0.2) is 23.0 Å². The molecule has 2 heterocycles. The maximum absolute atomic E-state index is 11.9. The van der Waals surface area contributed by atoms with Crippen molar-refractivity contribution < 1.29 is 21.5 Å². The van der Waals surface area contributed by atoms with Gasteiger partial charge in [-0.05, 0) is 12.5 Å². The van der Waals surface area contributed by atoms with E-state index in [1.165, 1.54) is 0 Å². The highest BCUT2D eigenvalue weighted by atomic mass is 16.3. The van der Waals surface area contributed by atoms with Crippen molar-refractivity contribution in [3.05, 3.63) is 34.2 Å². The zero-order valence-electron chi connectivity index (χ0n) is 12.7. The van der Waals surface area contributed by atoms with E-state index in [0.29, 0.717) is 12.6 Å². The number of aromatic amines is 1. The highest BCUT2D eigenvalue weighted by Gasteiger charge is 2.28. The summed E-state index contributed by atoms with van der Waals surface area (Å²) in [5.41, 5.74) is 2.37. The molecule has 0 saturated carbocycles. The summed E-state index contributed by atoms with van der Waals surface area (Å²) in [6, 6.07) is 5.93. The molecule has 22 heavy (non-hydrogen) atoms. The smallest absolute Gasteiger partial charge is 0.326 e. The van der Waals surface area contributed by atoms with Gasteiger partial charge >= 0.3 is 5.69 Å². The number of para-hydroxylation sites is 1. The van der Waals surface area contributed by atoms with Crippen LogP contribution in [-0.2, 0) is 6.54 Å². The first-order valence-electron chi connectivity index (χ1n) is 6.73. The third kappa shape index (κ3) is 3.21. The maximum Gasteiger partial charge on any atom is 0.326 e. The lowest BCUT2D eigenvalue weighted by Crippen LogP contribution is -2.39. The number of H-pyrrole nitrogens is 1. The van der Waals surface area contributed by atoms with Crippen LogP contribution in [0.25, 0.3) is 11.0 Å². The number of hydrogen-bond donors (Lipinski definition) is 3. The van der Waals surface area contributed by atoms with Crippen molar-refractivity contribution in [2.75, 3.05) is 0 Å². The average Bonchev–Trinajstić information content (AvgIpc) is 2.61. The molecule has 0 bridgehead atoms. The van der Waals surface area contributed by atoms with Crippen LogP contribution in [0, 0.1) is 0 Å². The number of benzene rings is 1. The van der Waals surface area contributed by atoms with Crippen LogP contribution < -0.4 is 11.0 Å². The van der Waals surface area contributed by atoms with Gasteiger partial charge in [0.15, 0.2) is 0 Å². The predicted octanol–water partition coefficient (Wildman–Crippen LogP) is -1.34. The number of aliphatic hydroxyl groups is 1. The minimum Gasteiger partial charge on any atom is -0.412 e. The summed E-state index contributed by atoms with van der Waals surface area (Å²) in [6.45, 7) is 4.74. The van der Waals surface area contributed by atoms with Gasteiger partial charge in [-0.1, -0.05) is 26.0 Å². The fraction of sp³-hybridized carbons (Fsp3) is 0.500. The molecule has 0 fully saturated rings. The van der Waals surface area contributed by atoms with E-state index in [1.807, 2.05) is 18.2 Å². The van der Waals surface area contributed by atoms with Crippen LogP contribution in [-0.4, -0.2) is 43.2 Å². The molecule has 1 aromatic carbocycles. The molecule has 8 nitrogen and oxygen atoms in total. The molecule has 0 unspecified atom stereocenters. The number of rotatable bonds is 2. The fourth-order valence-corrected chi connectivity index (χ4v) is 2.95. The Balaban J connectivity index is 0.00000147. The minimum atomic E-state index is -0.588. The van der Waals surface area contributed by atoms with Crippen LogP contribution in [0.5, 0.6) is 0 Å². The van der Waals surface area contributed by atoms with Gasteiger partial charge in [0, 0.05) is 24.2 Å². The Morgan fingerprint density at radius 1 is 1.32 bits per heavy atom. The SMILES string of the molecule is CC(C)N[C@@H]1CCn2c(=O)[nH]c3cccc(c32)[C@H]1O.O.O.O. The molecule has 2 atom stereocenters. The third-order valence-corrected chi connectivity index (χ3v) is 3.73. The second-order valence-corrected chi connectivity index (χ2v) is 5.49. The topological polar surface area (TPSA) is 165 Å². The van der Waals surface area contributed by atoms with Crippen LogP contribution in [0.2, 0.25) is 0 Å². The molecule has 0 radical (unpaired) electrons. The highest BCUT2D eigenvalue weighted by Crippen LogP contribution is 2.29. The molecule has 0 amide bonds. The fourth-order valence-electron chi connectivity index (χ4n) is 2.95. The van der Waals surface area contributed by atoms with E-state index in [0.717, 1.165) is 23.0 Å². The van der Waals surface area contributed by atoms with Crippen LogP contribution in [0.4, 0.5) is 0 Å². The highest BCUT2D eigenvalue weighted by molar-refractivity contribution is 5.79. The molecule has 1 aliphatic heterocycles. The van der Waals surface area contributed by atoms with Gasteiger partial charge in [-0.2, -0.15) is 0 Å². The molecule has 1 aromatic heterocycles. The number of aromatic nitrogens is 2. The Bertz CT molecular complexity index is 664. The summed E-state index contributed by atoms with van der Waals surface area (Å²) in [5, 5.41) is 14.0. The molecular formula is C14H25N3O5. The minimum absolute atomic E-state index is 0. The standard InChI is InChI=1S/C14H19N3O2.3H2O/c1-8(2)15-11-6-7-17-12-9(13(11)18)4-3-5-10(12)16-14(17)19;;;/h3-5,8,11,13,15,18H,6-7H2,1-2H3,(H,16,19);3*1H2/t11-,13-;;;/m1.../s1. The second kappa shape index (κ2) is 7.52. The Morgan fingerprint density at radius 2 is 2.00 bits per heavy atom. The van der Waals surface area contributed by atoms with E-state index >= 15 is 0 Å². The van der Waals surface area contributed by atoms with E-state index in [4.69, 9.17) is 0 Å². The lowest BCUT2D eigenvalue weighted by molar-refractivity contribution is 0.121. The van der Waals surface area contributed by atoms with Crippen LogP contribution in [0.1, 0.15) is 31.9 Å². The summed E-state index contributed by atoms with van der Waals surface area (Å²) in [7, 11) is 0. The molecule has 0 spiro atoms. The van der Waals surface area contributed by atoms with Crippen LogP contribution >= 0.6 is 0 Å². The monoisotopic (exact) mass is 315 g/mol. The van der Waals surface area contributed by atoms with E-state index in [1.54, 1.807) is 4.57 Å². The van der Waals surface area contributed by atoms with Gasteiger partial charge in [0.2, 0.25) is 0 Å². The summed E-state index contributed by atoms with van der Waals surface area (Å²) in [6.07, 6.45) is 0.149. The number of nitrogens with one attached hydrogen (secondary N) is 2. The molecule has 0 saturated heterocycles. The van der Waals surface area contributed by atoms with E-state index in [2.05, 4.69) is 24.1 Å². The van der Waals surface area contributed by atoms with Gasteiger partial charge in [-0.25, -0.2) is 4.79 Å². The van der Waals surface area contributed by atoms with Crippen molar-refractivity contribution in [1.29, 1.82) is 0 Å². The zero-order valence-corrected chi connectivity index (χ0v) is 12.7. The van der Waals surface area contributed by atoms with E-state index in [9.17, 15) is 9.90 Å². The lowest BCUT2D eigenvalue weighted by Gasteiger charge is -2.24. The molecule has 0 aliphatic carbocycles. The molecule has 2 aromatic rings. The Hall–Kier alpha value is -1.71. The first-order valence-corrected chi connectivity index (χ1v) is 6.73. The van der Waals surface area contributed by atoms with Crippen LogP contribution in [0.3, 0.4) is 0 Å². The van der Waals surface area contributed by atoms with Gasteiger partial charge < -0.3 is 31.8 Å². The van der Waals surface area contributed by atoms with Crippen molar-refractivity contribution in [1.82, 2.24) is 14.9 Å². The Labute approximate surface area is 127 Å². The van der Waals surface area contributed by atoms with Crippen molar-refractivity contribution in [3.63, 3.8) is 0 Å². The quantitative estimate of drug-likeness (QED) is 0.625. The zero-order chi connectivity index (χ0) is 13.6. The summed E-state index contributed by atoms with van der Waals surface area (Å²) < 4.78 is 1.73. The maximum atomic E-state index is 11.9. The summed E-state index contributed by atoms with van der Waals surface area (Å²) >= 11 is 0. The Kier molecular flexibility index (Phi) is 6.94. The van der Waals surface area contributed by atoms with E-state index in [-0.39, 0.29) is 28.2 Å². The lowest BCUT2D eigenvalue weighted by atomic mass is 9.99. The van der Waals surface area contributed by atoms with Gasteiger partial charge in [-0.3, -0.25) is 4.57 Å². The van der Waals surface area contributed by atoms with Gasteiger partial charge in [0.05, 0.1) is 17.1 Å². The number of hydrogen-bond acceptors (Lipinski definition) is 3. The largest absolute Gasteiger partial charge is 0.412 e. The Morgan fingerprint density at radius 3 is 2.64 bits per heavy atom. The number of aryl methyl sites for hydroxylation is 1. The van der Waals surface area contributed by atoms with Crippen molar-refractivity contribution in [2.45, 2.75) is 45.0 Å². The van der Waals surface area contributed by atoms with Gasteiger partial charge in [0.25, 0.3) is 0 Å². The van der Waals surface area contributed by atoms with Crippen molar-refractivity contribution in [3.8, 4) is 0 Å². The number of imidazole rings is 1. The number of nitrogens with zero attached hydrogens (tertiary/aromatic N) is 1. The normalized spacial score (nSPS) is 19.8. The average molecular weight is 315 g/mol. The molecule has 1 aliphatic rings. The first-order chi connectivity index (χ1) is 9.08. The molecular weight excluding hydrogens is 290 g/mol. The third-order valence-electron chi connectivity index (χ3n) is 3.73. The van der Waals surface area contributed by atoms with Gasteiger partial charge in [-0.15, -0.1) is 0 Å². The first kappa shape index (κ1) is 20.3. The molecule has 8 heteroatoms. The second-order valence-electron chi connectivity index (χ2n) is 5.49. The van der Waals surface area contributed by atoms with Crippen molar-refractivity contribution >= 4 is 11.0 Å². The van der Waals surface area contributed by atoms with Crippen molar-refractivity contribution in [2.24, 2.45) is 0 Å².